The lowest BCUT2D eigenvalue weighted by Gasteiger charge is -2.49. The molecule has 0 atom stereocenters. The van der Waals surface area contributed by atoms with Crippen LogP contribution >= 0.6 is 0 Å². The van der Waals surface area contributed by atoms with Crippen LogP contribution in [0.5, 0.6) is 0 Å². The summed E-state index contributed by atoms with van der Waals surface area (Å²) in [5.74, 6) is 0.385. The van der Waals surface area contributed by atoms with Crippen LogP contribution in [0.2, 0.25) is 0 Å². The van der Waals surface area contributed by atoms with Crippen LogP contribution < -0.4 is 0 Å². The molecule has 0 spiro atoms. The molecule has 0 saturated heterocycles. The van der Waals surface area contributed by atoms with Gasteiger partial charge < -0.3 is 0 Å². The Balaban J connectivity index is 2.85. The molecule has 1 aliphatic carbocycles. The van der Waals surface area contributed by atoms with Gasteiger partial charge >= 0.3 is 0 Å². The summed E-state index contributed by atoms with van der Waals surface area (Å²) in [5.41, 5.74) is 0.185. The maximum atomic E-state index is 11.4. The van der Waals surface area contributed by atoms with Gasteiger partial charge in [0.25, 0.3) is 0 Å². The first kappa shape index (κ1) is 8.76. The lowest BCUT2D eigenvalue weighted by atomic mass is 9.53. The summed E-state index contributed by atoms with van der Waals surface area (Å²) in [6, 6.07) is 0. The molecule has 0 bridgehead atoms. The van der Waals surface area contributed by atoms with Crippen molar-refractivity contribution in [2.24, 2.45) is 10.8 Å². The Morgan fingerprint density at radius 2 is 1.73 bits per heavy atom. The Morgan fingerprint density at radius 3 is 1.73 bits per heavy atom. The maximum absolute atomic E-state index is 11.4. The van der Waals surface area contributed by atoms with Crippen LogP contribution in [0.1, 0.15) is 47.0 Å². The van der Waals surface area contributed by atoms with Gasteiger partial charge in [-0.05, 0) is 25.2 Å². The summed E-state index contributed by atoms with van der Waals surface area (Å²) < 4.78 is 0. The number of carbonyl (C=O) groups excluding carboxylic acids is 1. The molecule has 0 aliphatic heterocycles. The normalized spacial score (nSPS) is 22.5. The number of rotatable bonds is 1. The monoisotopic (exact) mass is 154 g/mol. The molecule has 1 saturated carbocycles. The van der Waals surface area contributed by atoms with Crippen molar-refractivity contribution in [2.45, 2.75) is 47.0 Å². The maximum Gasteiger partial charge on any atom is 0.136 e. The van der Waals surface area contributed by atoms with E-state index in [0.29, 0.717) is 5.78 Å². The quantitative estimate of drug-likeness (QED) is 0.567. The van der Waals surface area contributed by atoms with Crippen LogP contribution in [0.15, 0.2) is 0 Å². The third-order valence-corrected chi connectivity index (χ3v) is 3.32. The predicted octanol–water partition coefficient (Wildman–Crippen LogP) is 2.79. The van der Waals surface area contributed by atoms with E-state index in [1.807, 2.05) is 0 Å². The Kier molecular flexibility index (Phi) is 1.85. The number of ketones is 1. The predicted molar refractivity (Wildman–Crippen MR) is 46.4 cm³/mol. The molecule has 1 rings (SSSR count). The van der Waals surface area contributed by atoms with Crippen LogP contribution in [0, 0.1) is 10.8 Å². The molecule has 0 unspecified atom stereocenters. The molecule has 11 heavy (non-hydrogen) atoms. The molecule has 0 aromatic carbocycles. The minimum Gasteiger partial charge on any atom is -0.299 e. The minimum absolute atomic E-state index is 0.0208. The van der Waals surface area contributed by atoms with Crippen molar-refractivity contribution in [1.29, 1.82) is 0 Å². The van der Waals surface area contributed by atoms with E-state index in [4.69, 9.17) is 0 Å². The average Bonchev–Trinajstić information content (AvgIpc) is 1.52. The summed E-state index contributed by atoms with van der Waals surface area (Å²) in [4.78, 5) is 11.4. The SMILES string of the molecule is CC(=O)C1(C(C)(C)C)CCC1. The summed E-state index contributed by atoms with van der Waals surface area (Å²) in [6.45, 7) is 8.26. The first-order valence-electron chi connectivity index (χ1n) is 4.41. The molecule has 0 radical (unpaired) electrons. The lowest BCUT2D eigenvalue weighted by molar-refractivity contribution is -0.140. The second-order valence-corrected chi connectivity index (χ2v) is 4.74. The molecule has 1 nitrogen and oxygen atoms in total. The van der Waals surface area contributed by atoms with Gasteiger partial charge in [-0.1, -0.05) is 27.2 Å². The molecule has 0 aromatic heterocycles. The van der Waals surface area contributed by atoms with E-state index in [1.54, 1.807) is 6.92 Å². The van der Waals surface area contributed by atoms with Gasteiger partial charge in [0.05, 0.1) is 0 Å². The third kappa shape index (κ3) is 1.11. The molecular formula is C10H18O. The fourth-order valence-corrected chi connectivity index (χ4v) is 2.16. The Bertz CT molecular complexity index is 170. The molecule has 1 heteroatoms. The van der Waals surface area contributed by atoms with Crippen molar-refractivity contribution >= 4 is 5.78 Å². The number of carbonyl (C=O) groups is 1. The van der Waals surface area contributed by atoms with E-state index in [1.165, 1.54) is 6.42 Å². The van der Waals surface area contributed by atoms with Gasteiger partial charge in [0.15, 0.2) is 0 Å². The number of hydrogen-bond donors (Lipinski definition) is 0. The van der Waals surface area contributed by atoms with Crippen molar-refractivity contribution in [2.75, 3.05) is 0 Å². The Labute approximate surface area is 69.2 Å². The zero-order valence-electron chi connectivity index (χ0n) is 8.03. The molecule has 1 aliphatic rings. The number of hydrogen-bond acceptors (Lipinski definition) is 1. The van der Waals surface area contributed by atoms with Gasteiger partial charge in [-0.3, -0.25) is 4.79 Å². The minimum atomic E-state index is 0.0208. The first-order valence-corrected chi connectivity index (χ1v) is 4.41. The van der Waals surface area contributed by atoms with Gasteiger partial charge in [-0.15, -0.1) is 0 Å². The highest BCUT2D eigenvalue weighted by atomic mass is 16.1. The van der Waals surface area contributed by atoms with E-state index < -0.39 is 0 Å². The van der Waals surface area contributed by atoms with Crippen molar-refractivity contribution in [3.63, 3.8) is 0 Å². The first-order chi connectivity index (χ1) is 4.90. The highest BCUT2D eigenvalue weighted by Gasteiger charge is 2.50. The van der Waals surface area contributed by atoms with Gasteiger partial charge in [0, 0.05) is 5.41 Å². The molecule has 0 aromatic rings. The van der Waals surface area contributed by atoms with Gasteiger partial charge in [-0.2, -0.15) is 0 Å². The highest BCUT2D eigenvalue weighted by Crippen LogP contribution is 2.54. The zero-order valence-corrected chi connectivity index (χ0v) is 8.03. The van der Waals surface area contributed by atoms with Gasteiger partial charge in [0.1, 0.15) is 5.78 Å². The highest BCUT2D eigenvalue weighted by molar-refractivity contribution is 5.84. The van der Waals surface area contributed by atoms with Crippen molar-refractivity contribution < 1.29 is 4.79 Å². The summed E-state index contributed by atoms with van der Waals surface area (Å²) in [6.07, 6.45) is 3.44. The smallest absolute Gasteiger partial charge is 0.136 e. The Morgan fingerprint density at radius 1 is 1.27 bits per heavy atom. The van der Waals surface area contributed by atoms with Gasteiger partial charge in [0.2, 0.25) is 0 Å². The lowest BCUT2D eigenvalue weighted by Crippen LogP contribution is -2.47. The standard InChI is InChI=1S/C10H18O/c1-8(11)10(6-5-7-10)9(2,3)4/h5-7H2,1-4H3. The van der Waals surface area contributed by atoms with E-state index in [2.05, 4.69) is 20.8 Å². The number of Topliss-reactive ketones (excluding diaryl/α,β-unsaturated/α-hetero) is 1. The van der Waals surface area contributed by atoms with Crippen molar-refractivity contribution in [3.8, 4) is 0 Å². The van der Waals surface area contributed by atoms with Crippen LogP contribution in [0.3, 0.4) is 0 Å². The molecule has 0 amide bonds. The van der Waals surface area contributed by atoms with E-state index >= 15 is 0 Å². The fourth-order valence-electron chi connectivity index (χ4n) is 2.16. The Hall–Kier alpha value is -0.330. The second-order valence-electron chi connectivity index (χ2n) is 4.74. The molecule has 64 valence electrons. The molecular weight excluding hydrogens is 136 g/mol. The van der Waals surface area contributed by atoms with Crippen LogP contribution in [-0.2, 0) is 4.79 Å². The zero-order chi connectivity index (χ0) is 8.70. The van der Waals surface area contributed by atoms with Crippen molar-refractivity contribution in [1.82, 2.24) is 0 Å². The van der Waals surface area contributed by atoms with E-state index in [-0.39, 0.29) is 10.8 Å². The van der Waals surface area contributed by atoms with E-state index in [9.17, 15) is 4.79 Å². The molecule has 0 N–H and O–H groups in total. The average molecular weight is 154 g/mol. The summed E-state index contributed by atoms with van der Waals surface area (Å²) in [5, 5.41) is 0. The topological polar surface area (TPSA) is 17.1 Å². The molecule has 0 heterocycles. The van der Waals surface area contributed by atoms with Crippen LogP contribution in [0.4, 0.5) is 0 Å². The van der Waals surface area contributed by atoms with Crippen molar-refractivity contribution in [3.05, 3.63) is 0 Å². The summed E-state index contributed by atoms with van der Waals surface area (Å²) >= 11 is 0. The summed E-state index contributed by atoms with van der Waals surface area (Å²) in [7, 11) is 0. The molecule has 1 fully saturated rings. The van der Waals surface area contributed by atoms with E-state index in [0.717, 1.165) is 12.8 Å². The third-order valence-electron chi connectivity index (χ3n) is 3.32. The van der Waals surface area contributed by atoms with Gasteiger partial charge in [-0.25, -0.2) is 0 Å². The van der Waals surface area contributed by atoms with Crippen LogP contribution in [-0.4, -0.2) is 5.78 Å². The largest absolute Gasteiger partial charge is 0.299 e. The second kappa shape index (κ2) is 2.33. The van der Waals surface area contributed by atoms with Crippen LogP contribution in [0.25, 0.3) is 0 Å². The fraction of sp³-hybridized carbons (Fsp3) is 0.900.